The topological polar surface area (TPSA) is 100 Å². The lowest BCUT2D eigenvalue weighted by Crippen LogP contribution is -2.19. The Morgan fingerprint density at radius 3 is 2.20 bits per heavy atom. The standard InChI is InChI=1S/C26H31N3O6/c1-18(24(28-32-3)19-13-15-22(16-14-19)35-21-10-6-7-11-21)27-34-17-20-9-5-8-12-23(20)25(29-33-4)26(30)31-2/h5,8-9,12-16,21H,6-7,10-11,17H2,1-4H3. The number of oxime groups is 3. The van der Waals surface area contributed by atoms with Gasteiger partial charge in [0.25, 0.3) is 0 Å². The zero-order valence-corrected chi connectivity index (χ0v) is 20.5. The zero-order valence-electron chi connectivity index (χ0n) is 20.5. The van der Waals surface area contributed by atoms with Crippen LogP contribution in [0.4, 0.5) is 0 Å². The fourth-order valence-electron chi connectivity index (χ4n) is 3.81. The molecule has 1 aliphatic rings. The molecule has 0 atom stereocenters. The van der Waals surface area contributed by atoms with Gasteiger partial charge in [0, 0.05) is 16.7 Å². The molecular formula is C26H31N3O6. The molecule has 0 aromatic heterocycles. The van der Waals surface area contributed by atoms with Crippen LogP contribution in [0.2, 0.25) is 0 Å². The molecule has 0 radical (unpaired) electrons. The monoisotopic (exact) mass is 481 g/mol. The van der Waals surface area contributed by atoms with E-state index in [2.05, 4.69) is 15.5 Å². The second kappa shape index (κ2) is 13.1. The van der Waals surface area contributed by atoms with Gasteiger partial charge in [0.1, 0.15) is 38.0 Å². The lowest BCUT2D eigenvalue weighted by molar-refractivity contribution is -0.132. The Bertz CT molecular complexity index is 1070. The number of rotatable bonds is 11. The van der Waals surface area contributed by atoms with Crippen molar-refractivity contribution in [2.45, 2.75) is 45.3 Å². The van der Waals surface area contributed by atoms with Crippen LogP contribution in [-0.4, -0.2) is 50.5 Å². The van der Waals surface area contributed by atoms with Crippen molar-refractivity contribution in [2.24, 2.45) is 15.5 Å². The molecule has 1 fully saturated rings. The van der Waals surface area contributed by atoms with Crippen LogP contribution in [0.1, 0.15) is 49.3 Å². The molecule has 0 bridgehead atoms. The molecule has 9 nitrogen and oxygen atoms in total. The number of ether oxygens (including phenoxy) is 2. The van der Waals surface area contributed by atoms with Crippen LogP contribution in [0.3, 0.4) is 0 Å². The Hall–Kier alpha value is -3.88. The normalized spacial score (nSPS) is 15.0. The van der Waals surface area contributed by atoms with Crippen molar-refractivity contribution < 1.29 is 28.8 Å². The molecule has 0 N–H and O–H groups in total. The highest BCUT2D eigenvalue weighted by atomic mass is 16.6. The van der Waals surface area contributed by atoms with Crippen LogP contribution >= 0.6 is 0 Å². The Kier molecular flexibility index (Phi) is 9.65. The van der Waals surface area contributed by atoms with Crippen molar-refractivity contribution in [3.05, 3.63) is 65.2 Å². The summed E-state index contributed by atoms with van der Waals surface area (Å²) in [5.41, 5.74) is 3.12. The SMILES string of the molecule is CON=C(C(C)=NOCc1ccccc1C(=NOC)C(=O)OC)c1ccc(OC2CCCC2)cc1. The number of hydrogen-bond acceptors (Lipinski definition) is 9. The van der Waals surface area contributed by atoms with Gasteiger partial charge in [-0.15, -0.1) is 0 Å². The maximum absolute atomic E-state index is 12.1. The smallest absolute Gasteiger partial charge is 0.360 e. The average Bonchev–Trinajstić information content (AvgIpc) is 3.39. The molecule has 1 aliphatic carbocycles. The van der Waals surface area contributed by atoms with Gasteiger partial charge in [0.15, 0.2) is 5.71 Å². The predicted molar refractivity (Wildman–Crippen MR) is 133 cm³/mol. The second-order valence-electron chi connectivity index (χ2n) is 7.89. The molecule has 186 valence electrons. The van der Waals surface area contributed by atoms with E-state index in [4.69, 9.17) is 24.0 Å². The fraction of sp³-hybridized carbons (Fsp3) is 0.385. The number of benzene rings is 2. The Labute approximate surface area is 205 Å². The second-order valence-corrected chi connectivity index (χ2v) is 7.89. The summed E-state index contributed by atoms with van der Waals surface area (Å²) in [5, 5.41) is 12.1. The van der Waals surface area contributed by atoms with Gasteiger partial charge >= 0.3 is 5.97 Å². The minimum Gasteiger partial charge on any atom is -0.490 e. The minimum absolute atomic E-state index is 0.0384. The lowest BCUT2D eigenvalue weighted by atomic mass is 10.0. The molecule has 0 heterocycles. The van der Waals surface area contributed by atoms with Crippen molar-refractivity contribution >= 4 is 23.1 Å². The molecule has 2 aromatic rings. The van der Waals surface area contributed by atoms with E-state index in [-0.39, 0.29) is 12.3 Å². The average molecular weight is 482 g/mol. The van der Waals surface area contributed by atoms with Crippen LogP contribution in [0.5, 0.6) is 5.75 Å². The van der Waals surface area contributed by atoms with Gasteiger partial charge < -0.3 is 24.0 Å². The number of methoxy groups -OCH3 is 1. The number of esters is 1. The maximum atomic E-state index is 12.1. The molecule has 9 heteroatoms. The third kappa shape index (κ3) is 7.05. The van der Waals surface area contributed by atoms with Crippen LogP contribution in [0, 0.1) is 0 Å². The molecule has 1 saturated carbocycles. The van der Waals surface area contributed by atoms with E-state index in [1.165, 1.54) is 34.2 Å². The van der Waals surface area contributed by atoms with E-state index in [9.17, 15) is 4.79 Å². The summed E-state index contributed by atoms with van der Waals surface area (Å²) >= 11 is 0. The first-order valence-electron chi connectivity index (χ1n) is 11.4. The van der Waals surface area contributed by atoms with Gasteiger partial charge in [0.2, 0.25) is 0 Å². The molecule has 0 unspecified atom stereocenters. The van der Waals surface area contributed by atoms with E-state index in [0.29, 0.717) is 28.7 Å². The van der Waals surface area contributed by atoms with E-state index in [1.54, 1.807) is 19.1 Å². The Balaban J connectivity index is 1.72. The van der Waals surface area contributed by atoms with Gasteiger partial charge in [0.05, 0.1) is 13.2 Å². The summed E-state index contributed by atoms with van der Waals surface area (Å²) in [6.45, 7) is 1.86. The summed E-state index contributed by atoms with van der Waals surface area (Å²) in [5.74, 6) is 0.216. The fourth-order valence-corrected chi connectivity index (χ4v) is 3.81. The Morgan fingerprint density at radius 2 is 1.54 bits per heavy atom. The highest BCUT2D eigenvalue weighted by molar-refractivity contribution is 6.47. The van der Waals surface area contributed by atoms with Crippen LogP contribution in [0.15, 0.2) is 64.0 Å². The molecule has 0 amide bonds. The molecule has 35 heavy (non-hydrogen) atoms. The number of hydrogen-bond donors (Lipinski definition) is 0. The number of nitrogens with zero attached hydrogens (tertiary/aromatic N) is 3. The number of carbonyl (C=O) groups excluding carboxylic acids is 1. The molecule has 0 aliphatic heterocycles. The van der Waals surface area contributed by atoms with Gasteiger partial charge in [-0.25, -0.2) is 4.79 Å². The highest BCUT2D eigenvalue weighted by Crippen LogP contribution is 2.24. The van der Waals surface area contributed by atoms with Crippen molar-refractivity contribution in [1.29, 1.82) is 0 Å². The molecule has 0 spiro atoms. The van der Waals surface area contributed by atoms with E-state index >= 15 is 0 Å². The van der Waals surface area contributed by atoms with Gasteiger partial charge in [-0.1, -0.05) is 39.7 Å². The molecule has 0 saturated heterocycles. The van der Waals surface area contributed by atoms with Gasteiger partial charge in [-0.3, -0.25) is 0 Å². The summed E-state index contributed by atoms with van der Waals surface area (Å²) < 4.78 is 10.9. The van der Waals surface area contributed by atoms with Crippen molar-refractivity contribution in [3.63, 3.8) is 0 Å². The lowest BCUT2D eigenvalue weighted by Gasteiger charge is -2.13. The first kappa shape index (κ1) is 25.7. The maximum Gasteiger partial charge on any atom is 0.360 e. The third-order valence-corrected chi connectivity index (χ3v) is 5.51. The summed E-state index contributed by atoms with van der Waals surface area (Å²) in [7, 11) is 4.12. The summed E-state index contributed by atoms with van der Waals surface area (Å²) in [6.07, 6.45) is 4.93. The van der Waals surface area contributed by atoms with E-state index < -0.39 is 5.97 Å². The largest absolute Gasteiger partial charge is 0.490 e. The zero-order chi connectivity index (χ0) is 25.0. The van der Waals surface area contributed by atoms with Crippen molar-refractivity contribution in [2.75, 3.05) is 21.3 Å². The highest BCUT2D eigenvalue weighted by Gasteiger charge is 2.20. The summed E-state index contributed by atoms with van der Waals surface area (Å²) in [6, 6.07) is 14.8. The van der Waals surface area contributed by atoms with Crippen molar-refractivity contribution in [3.8, 4) is 5.75 Å². The minimum atomic E-state index is -0.617. The van der Waals surface area contributed by atoms with Crippen molar-refractivity contribution in [1.82, 2.24) is 0 Å². The van der Waals surface area contributed by atoms with Gasteiger partial charge in [-0.2, -0.15) is 0 Å². The van der Waals surface area contributed by atoms with Crippen LogP contribution in [0.25, 0.3) is 0 Å². The molecular weight excluding hydrogens is 450 g/mol. The Morgan fingerprint density at radius 1 is 0.886 bits per heavy atom. The van der Waals surface area contributed by atoms with Crippen LogP contribution in [-0.2, 0) is 30.7 Å². The first-order valence-corrected chi connectivity index (χ1v) is 11.4. The van der Waals surface area contributed by atoms with Gasteiger partial charge in [-0.05, 0) is 56.9 Å². The van der Waals surface area contributed by atoms with E-state index in [0.717, 1.165) is 24.2 Å². The van der Waals surface area contributed by atoms with Crippen LogP contribution < -0.4 is 4.74 Å². The molecule has 3 rings (SSSR count). The van der Waals surface area contributed by atoms with E-state index in [1.807, 2.05) is 36.4 Å². The first-order chi connectivity index (χ1) is 17.1. The summed E-state index contributed by atoms with van der Waals surface area (Å²) in [4.78, 5) is 27.6. The molecule has 2 aromatic carbocycles. The third-order valence-electron chi connectivity index (χ3n) is 5.51. The number of carbonyl (C=O) groups is 1. The quantitative estimate of drug-likeness (QED) is 0.267. The predicted octanol–water partition coefficient (Wildman–Crippen LogP) is 4.47.